The Morgan fingerprint density at radius 2 is 1.85 bits per heavy atom. The van der Waals surface area contributed by atoms with Crippen LogP contribution in [0, 0.1) is 0 Å². The maximum Gasteiger partial charge on any atom is 0.119 e. The number of rotatable bonds is 6. The molecule has 0 heterocycles. The fourth-order valence-corrected chi connectivity index (χ4v) is 3.17. The molecule has 0 spiro atoms. The van der Waals surface area contributed by atoms with Crippen LogP contribution in [0.4, 0.5) is 0 Å². The van der Waals surface area contributed by atoms with E-state index in [0.29, 0.717) is 12.0 Å². The SMILES string of the molecule is CCCNC1CCCCC1c1ccc(OC(C)C)cc1. The summed E-state index contributed by atoms with van der Waals surface area (Å²) in [5, 5.41) is 3.74. The van der Waals surface area contributed by atoms with Crippen molar-refractivity contribution in [1.82, 2.24) is 5.32 Å². The molecule has 0 radical (unpaired) electrons. The Morgan fingerprint density at radius 3 is 2.50 bits per heavy atom. The van der Waals surface area contributed by atoms with Gasteiger partial charge in [-0.1, -0.05) is 31.9 Å². The second kappa shape index (κ2) is 7.68. The van der Waals surface area contributed by atoms with Gasteiger partial charge in [-0.15, -0.1) is 0 Å². The van der Waals surface area contributed by atoms with Gasteiger partial charge in [0, 0.05) is 6.04 Å². The molecule has 1 aliphatic carbocycles. The van der Waals surface area contributed by atoms with E-state index in [9.17, 15) is 0 Å². The molecule has 1 aromatic carbocycles. The fourth-order valence-electron chi connectivity index (χ4n) is 3.17. The van der Waals surface area contributed by atoms with Gasteiger partial charge in [0.2, 0.25) is 0 Å². The molecule has 1 aliphatic rings. The minimum atomic E-state index is 0.245. The Bertz CT molecular complexity index is 385. The van der Waals surface area contributed by atoms with Crippen molar-refractivity contribution in [3.8, 4) is 5.75 Å². The monoisotopic (exact) mass is 275 g/mol. The molecule has 1 N–H and O–H groups in total. The molecular weight excluding hydrogens is 246 g/mol. The van der Waals surface area contributed by atoms with E-state index in [1.54, 1.807) is 0 Å². The van der Waals surface area contributed by atoms with Gasteiger partial charge < -0.3 is 10.1 Å². The topological polar surface area (TPSA) is 21.3 Å². The molecule has 1 fully saturated rings. The van der Waals surface area contributed by atoms with Crippen LogP contribution in [0.15, 0.2) is 24.3 Å². The average Bonchev–Trinajstić information content (AvgIpc) is 2.46. The summed E-state index contributed by atoms with van der Waals surface area (Å²) < 4.78 is 5.73. The van der Waals surface area contributed by atoms with Crippen LogP contribution in [-0.2, 0) is 0 Å². The second-order valence-corrected chi connectivity index (χ2v) is 6.19. The standard InChI is InChI=1S/C18H29NO/c1-4-13-19-18-8-6-5-7-17(18)15-9-11-16(12-10-15)20-14(2)3/h9-12,14,17-19H,4-8,13H2,1-3H3. The third-order valence-electron chi connectivity index (χ3n) is 4.10. The molecular formula is C18H29NO. The van der Waals surface area contributed by atoms with Gasteiger partial charge in [-0.3, -0.25) is 0 Å². The quantitative estimate of drug-likeness (QED) is 0.825. The van der Waals surface area contributed by atoms with Crippen LogP contribution in [0.3, 0.4) is 0 Å². The van der Waals surface area contributed by atoms with E-state index in [0.717, 1.165) is 12.3 Å². The van der Waals surface area contributed by atoms with Crippen molar-refractivity contribution in [2.24, 2.45) is 0 Å². The zero-order valence-electron chi connectivity index (χ0n) is 13.2. The number of ether oxygens (including phenoxy) is 1. The summed E-state index contributed by atoms with van der Waals surface area (Å²) in [6.45, 7) is 7.51. The van der Waals surface area contributed by atoms with Gasteiger partial charge in [-0.25, -0.2) is 0 Å². The predicted molar refractivity (Wildman–Crippen MR) is 85.5 cm³/mol. The smallest absolute Gasteiger partial charge is 0.119 e. The van der Waals surface area contributed by atoms with E-state index in [-0.39, 0.29) is 6.10 Å². The highest BCUT2D eigenvalue weighted by Gasteiger charge is 2.25. The predicted octanol–water partition coefficient (Wildman–Crippen LogP) is 4.50. The number of hydrogen-bond acceptors (Lipinski definition) is 2. The van der Waals surface area contributed by atoms with Gasteiger partial charge in [-0.05, 0) is 63.3 Å². The summed E-state index contributed by atoms with van der Waals surface area (Å²) in [6.07, 6.45) is 6.81. The Labute approximate surface area is 123 Å². The molecule has 1 saturated carbocycles. The molecule has 0 saturated heterocycles. The van der Waals surface area contributed by atoms with Crippen LogP contribution >= 0.6 is 0 Å². The maximum atomic E-state index is 5.73. The minimum Gasteiger partial charge on any atom is -0.491 e. The Balaban J connectivity index is 2.03. The van der Waals surface area contributed by atoms with Crippen molar-refractivity contribution in [3.63, 3.8) is 0 Å². The third-order valence-corrected chi connectivity index (χ3v) is 4.10. The number of nitrogens with one attached hydrogen (secondary N) is 1. The van der Waals surface area contributed by atoms with Gasteiger partial charge >= 0.3 is 0 Å². The van der Waals surface area contributed by atoms with Gasteiger partial charge in [0.15, 0.2) is 0 Å². The van der Waals surface area contributed by atoms with Crippen LogP contribution in [0.1, 0.15) is 64.4 Å². The summed E-state index contributed by atoms with van der Waals surface area (Å²) in [7, 11) is 0. The van der Waals surface area contributed by atoms with Crippen molar-refractivity contribution >= 4 is 0 Å². The molecule has 2 nitrogen and oxygen atoms in total. The van der Waals surface area contributed by atoms with Crippen LogP contribution in [-0.4, -0.2) is 18.7 Å². The number of benzene rings is 1. The van der Waals surface area contributed by atoms with Crippen molar-refractivity contribution in [2.45, 2.75) is 70.9 Å². The van der Waals surface area contributed by atoms with E-state index in [4.69, 9.17) is 4.74 Å². The molecule has 0 bridgehead atoms. The highest BCUT2D eigenvalue weighted by molar-refractivity contribution is 5.30. The molecule has 112 valence electrons. The molecule has 0 aliphatic heterocycles. The molecule has 1 aromatic rings. The zero-order valence-corrected chi connectivity index (χ0v) is 13.2. The molecule has 2 atom stereocenters. The van der Waals surface area contributed by atoms with Gasteiger partial charge in [-0.2, -0.15) is 0 Å². The lowest BCUT2D eigenvalue weighted by molar-refractivity contribution is 0.242. The van der Waals surface area contributed by atoms with Crippen LogP contribution in [0.25, 0.3) is 0 Å². The summed E-state index contributed by atoms with van der Waals surface area (Å²) in [5.74, 6) is 1.65. The van der Waals surface area contributed by atoms with Crippen LogP contribution in [0.2, 0.25) is 0 Å². The van der Waals surface area contributed by atoms with E-state index in [2.05, 4.69) is 50.4 Å². The first-order valence-corrected chi connectivity index (χ1v) is 8.20. The first-order chi connectivity index (χ1) is 9.70. The Morgan fingerprint density at radius 1 is 1.15 bits per heavy atom. The first-order valence-electron chi connectivity index (χ1n) is 8.20. The van der Waals surface area contributed by atoms with Crippen molar-refractivity contribution < 1.29 is 4.74 Å². The van der Waals surface area contributed by atoms with E-state index < -0.39 is 0 Å². The first kappa shape index (κ1) is 15.4. The molecule has 2 rings (SSSR count). The minimum absolute atomic E-state index is 0.245. The van der Waals surface area contributed by atoms with Crippen molar-refractivity contribution in [2.75, 3.05) is 6.54 Å². The largest absolute Gasteiger partial charge is 0.491 e. The zero-order chi connectivity index (χ0) is 14.4. The second-order valence-electron chi connectivity index (χ2n) is 6.19. The fraction of sp³-hybridized carbons (Fsp3) is 0.667. The Hall–Kier alpha value is -1.02. The van der Waals surface area contributed by atoms with Crippen LogP contribution < -0.4 is 10.1 Å². The van der Waals surface area contributed by atoms with E-state index >= 15 is 0 Å². The van der Waals surface area contributed by atoms with Crippen molar-refractivity contribution in [1.29, 1.82) is 0 Å². The molecule has 0 amide bonds. The van der Waals surface area contributed by atoms with E-state index in [1.165, 1.54) is 37.7 Å². The summed E-state index contributed by atoms with van der Waals surface area (Å²) in [4.78, 5) is 0. The molecule has 20 heavy (non-hydrogen) atoms. The lowest BCUT2D eigenvalue weighted by Crippen LogP contribution is -2.37. The summed E-state index contributed by atoms with van der Waals surface area (Å²) in [6, 6.07) is 9.42. The van der Waals surface area contributed by atoms with Gasteiger partial charge in [0.25, 0.3) is 0 Å². The normalized spacial score (nSPS) is 23.0. The highest BCUT2D eigenvalue weighted by atomic mass is 16.5. The average molecular weight is 275 g/mol. The van der Waals surface area contributed by atoms with Gasteiger partial charge in [0.1, 0.15) is 5.75 Å². The lowest BCUT2D eigenvalue weighted by atomic mass is 9.80. The molecule has 2 heteroatoms. The Kier molecular flexibility index (Phi) is 5.90. The third kappa shape index (κ3) is 4.24. The summed E-state index contributed by atoms with van der Waals surface area (Å²) >= 11 is 0. The highest BCUT2D eigenvalue weighted by Crippen LogP contribution is 2.33. The maximum absolute atomic E-state index is 5.73. The molecule has 0 aromatic heterocycles. The van der Waals surface area contributed by atoms with Crippen LogP contribution in [0.5, 0.6) is 5.75 Å². The lowest BCUT2D eigenvalue weighted by Gasteiger charge is -2.33. The number of hydrogen-bond donors (Lipinski definition) is 1. The van der Waals surface area contributed by atoms with E-state index in [1.807, 2.05) is 0 Å². The van der Waals surface area contributed by atoms with Gasteiger partial charge in [0.05, 0.1) is 6.10 Å². The summed E-state index contributed by atoms with van der Waals surface area (Å²) in [5.41, 5.74) is 1.47. The van der Waals surface area contributed by atoms with Crippen molar-refractivity contribution in [3.05, 3.63) is 29.8 Å². The molecule has 2 unspecified atom stereocenters.